The molecular formula is C22H19N3O3S2. The Bertz CT molecular complexity index is 1310. The van der Waals surface area contributed by atoms with Crippen molar-refractivity contribution in [3.05, 3.63) is 76.7 Å². The van der Waals surface area contributed by atoms with Crippen molar-refractivity contribution in [1.29, 1.82) is 0 Å². The number of rotatable bonds is 4. The lowest BCUT2D eigenvalue weighted by Gasteiger charge is -2.28. The van der Waals surface area contributed by atoms with Crippen LogP contribution in [0.5, 0.6) is 0 Å². The molecule has 0 N–H and O–H groups in total. The summed E-state index contributed by atoms with van der Waals surface area (Å²) in [5.41, 5.74) is 3.12. The Balaban J connectivity index is 1.45. The van der Waals surface area contributed by atoms with Gasteiger partial charge >= 0.3 is 0 Å². The fourth-order valence-electron chi connectivity index (χ4n) is 3.67. The van der Waals surface area contributed by atoms with E-state index in [-0.39, 0.29) is 0 Å². The number of aryl methyl sites for hydroxylation is 1. The van der Waals surface area contributed by atoms with Crippen molar-refractivity contribution in [3.63, 3.8) is 0 Å². The molecule has 0 saturated heterocycles. The molecule has 4 aromatic rings. The summed E-state index contributed by atoms with van der Waals surface area (Å²) < 4.78 is 33.7. The van der Waals surface area contributed by atoms with Crippen LogP contribution in [0.2, 0.25) is 0 Å². The van der Waals surface area contributed by atoms with Crippen molar-refractivity contribution in [3.8, 4) is 22.2 Å². The van der Waals surface area contributed by atoms with Gasteiger partial charge in [-0.2, -0.15) is 9.29 Å². The van der Waals surface area contributed by atoms with Gasteiger partial charge < -0.3 is 4.52 Å². The Labute approximate surface area is 178 Å². The molecule has 0 aliphatic carbocycles. The van der Waals surface area contributed by atoms with Crippen molar-refractivity contribution in [2.24, 2.45) is 0 Å². The summed E-state index contributed by atoms with van der Waals surface area (Å²) >= 11 is 1.35. The zero-order valence-corrected chi connectivity index (χ0v) is 17.9. The monoisotopic (exact) mass is 437 g/mol. The second kappa shape index (κ2) is 7.46. The van der Waals surface area contributed by atoms with Crippen LogP contribution in [-0.4, -0.2) is 29.4 Å². The van der Waals surface area contributed by atoms with Gasteiger partial charge in [-0.1, -0.05) is 59.8 Å². The van der Waals surface area contributed by atoms with Crippen LogP contribution in [0.25, 0.3) is 22.2 Å². The summed E-state index contributed by atoms with van der Waals surface area (Å²) in [5, 5.41) is 4.04. The summed E-state index contributed by atoms with van der Waals surface area (Å²) in [7, 11) is -3.61. The highest BCUT2D eigenvalue weighted by Gasteiger charge is 2.31. The number of hydrogen-bond donors (Lipinski definition) is 0. The number of thiophene rings is 1. The number of benzene rings is 2. The largest absolute Gasteiger partial charge is 0.333 e. The zero-order chi connectivity index (χ0) is 20.7. The van der Waals surface area contributed by atoms with Crippen LogP contribution in [0, 0.1) is 6.92 Å². The average Bonchev–Trinajstić information content (AvgIpc) is 3.41. The molecular weight excluding hydrogens is 418 g/mol. The van der Waals surface area contributed by atoms with Gasteiger partial charge in [-0.05, 0) is 30.5 Å². The van der Waals surface area contributed by atoms with Crippen molar-refractivity contribution in [1.82, 2.24) is 14.4 Å². The standard InChI is InChI=1S/C22H19N3O3S2/c1-15-20(30(26,27)25-12-11-16-7-5-6-10-18(16)14-25)13-19(29-15)22-23-21(24-28-22)17-8-3-2-4-9-17/h2-10,13H,11-12,14H2,1H3. The van der Waals surface area contributed by atoms with Gasteiger partial charge in [0, 0.05) is 23.5 Å². The van der Waals surface area contributed by atoms with Crippen molar-refractivity contribution in [2.45, 2.75) is 24.8 Å². The Hall–Kier alpha value is -2.81. The smallest absolute Gasteiger partial charge is 0.268 e. The van der Waals surface area contributed by atoms with E-state index in [2.05, 4.69) is 16.2 Å². The molecule has 5 rings (SSSR count). The molecule has 0 radical (unpaired) electrons. The number of nitrogens with zero attached hydrogens (tertiary/aromatic N) is 3. The lowest BCUT2D eigenvalue weighted by Crippen LogP contribution is -2.36. The van der Waals surface area contributed by atoms with Crippen LogP contribution in [0.3, 0.4) is 0 Å². The maximum Gasteiger partial charge on any atom is 0.268 e. The topological polar surface area (TPSA) is 76.3 Å². The summed E-state index contributed by atoms with van der Waals surface area (Å²) in [6.07, 6.45) is 0.718. The van der Waals surface area contributed by atoms with Gasteiger partial charge in [-0.3, -0.25) is 0 Å². The Morgan fingerprint density at radius 3 is 2.57 bits per heavy atom. The molecule has 2 aromatic carbocycles. The quantitative estimate of drug-likeness (QED) is 0.469. The van der Waals surface area contributed by atoms with Crippen LogP contribution in [0.1, 0.15) is 16.0 Å². The minimum atomic E-state index is -3.61. The molecule has 0 spiro atoms. The minimum Gasteiger partial charge on any atom is -0.333 e. The highest BCUT2D eigenvalue weighted by molar-refractivity contribution is 7.89. The van der Waals surface area contributed by atoms with Gasteiger partial charge in [-0.15, -0.1) is 11.3 Å². The first-order valence-corrected chi connectivity index (χ1v) is 11.8. The first kappa shape index (κ1) is 19.2. The lowest BCUT2D eigenvalue weighted by molar-refractivity contribution is 0.391. The van der Waals surface area contributed by atoms with Gasteiger partial charge in [0.05, 0.1) is 9.77 Å². The highest BCUT2D eigenvalue weighted by Crippen LogP contribution is 2.36. The fourth-order valence-corrected chi connectivity index (χ4v) is 6.57. The first-order chi connectivity index (χ1) is 14.5. The van der Waals surface area contributed by atoms with Crippen LogP contribution in [0.15, 0.2) is 70.1 Å². The third-order valence-corrected chi connectivity index (χ3v) is 8.39. The molecule has 2 aromatic heterocycles. The number of hydrogen-bond acceptors (Lipinski definition) is 6. The van der Waals surface area contributed by atoms with E-state index in [1.54, 1.807) is 10.4 Å². The second-order valence-electron chi connectivity index (χ2n) is 7.18. The van der Waals surface area contributed by atoms with Crippen molar-refractivity contribution in [2.75, 3.05) is 6.54 Å². The number of sulfonamides is 1. The summed E-state index contributed by atoms with van der Waals surface area (Å²) in [6.45, 7) is 2.68. The minimum absolute atomic E-state index is 0.307. The molecule has 1 aliphatic heterocycles. The van der Waals surface area contributed by atoms with E-state index in [1.807, 2.05) is 55.5 Å². The lowest BCUT2D eigenvalue weighted by atomic mass is 10.0. The van der Waals surface area contributed by atoms with E-state index in [0.717, 1.165) is 17.5 Å². The Morgan fingerprint density at radius 1 is 1.03 bits per heavy atom. The average molecular weight is 438 g/mol. The van der Waals surface area contributed by atoms with E-state index in [4.69, 9.17) is 4.52 Å². The molecule has 30 heavy (non-hydrogen) atoms. The predicted octanol–water partition coefficient (Wildman–Crippen LogP) is 4.52. The highest BCUT2D eigenvalue weighted by atomic mass is 32.2. The summed E-state index contributed by atoms with van der Waals surface area (Å²) in [4.78, 5) is 6.12. The summed E-state index contributed by atoms with van der Waals surface area (Å²) in [6, 6.07) is 19.2. The van der Waals surface area contributed by atoms with E-state index >= 15 is 0 Å². The molecule has 0 unspecified atom stereocenters. The van der Waals surface area contributed by atoms with Crippen molar-refractivity contribution >= 4 is 21.4 Å². The zero-order valence-electron chi connectivity index (χ0n) is 16.3. The van der Waals surface area contributed by atoms with Crippen LogP contribution in [-0.2, 0) is 23.0 Å². The van der Waals surface area contributed by atoms with E-state index in [9.17, 15) is 8.42 Å². The number of aromatic nitrogens is 2. The predicted molar refractivity (Wildman–Crippen MR) is 116 cm³/mol. The first-order valence-electron chi connectivity index (χ1n) is 9.59. The molecule has 0 fully saturated rings. The molecule has 6 nitrogen and oxygen atoms in total. The van der Waals surface area contributed by atoms with Crippen LogP contribution in [0.4, 0.5) is 0 Å². The van der Waals surface area contributed by atoms with E-state index < -0.39 is 10.0 Å². The third kappa shape index (κ3) is 3.36. The molecule has 0 amide bonds. The van der Waals surface area contributed by atoms with Gasteiger partial charge in [0.25, 0.3) is 5.89 Å². The molecule has 0 atom stereocenters. The van der Waals surface area contributed by atoms with Gasteiger partial charge in [0.2, 0.25) is 15.8 Å². The van der Waals surface area contributed by atoms with Crippen LogP contribution >= 0.6 is 11.3 Å². The molecule has 3 heterocycles. The second-order valence-corrected chi connectivity index (χ2v) is 10.3. The molecule has 0 bridgehead atoms. The summed E-state index contributed by atoms with van der Waals surface area (Å²) in [5.74, 6) is 0.807. The SMILES string of the molecule is Cc1sc(-c2nc(-c3ccccc3)no2)cc1S(=O)(=O)N1CCc2ccccc2C1. The van der Waals surface area contributed by atoms with Crippen molar-refractivity contribution < 1.29 is 12.9 Å². The van der Waals surface area contributed by atoms with E-state index in [0.29, 0.717) is 39.5 Å². The van der Waals surface area contributed by atoms with Gasteiger partial charge in [0.15, 0.2) is 0 Å². The maximum atomic E-state index is 13.4. The molecule has 8 heteroatoms. The molecule has 0 saturated carbocycles. The molecule has 1 aliphatic rings. The van der Waals surface area contributed by atoms with Gasteiger partial charge in [0.1, 0.15) is 0 Å². The third-order valence-electron chi connectivity index (χ3n) is 5.25. The molecule has 152 valence electrons. The van der Waals surface area contributed by atoms with E-state index in [1.165, 1.54) is 16.9 Å². The Kier molecular flexibility index (Phi) is 4.77. The normalized spacial score (nSPS) is 14.6. The Morgan fingerprint density at radius 2 is 1.77 bits per heavy atom. The van der Waals surface area contributed by atoms with Crippen LogP contribution < -0.4 is 0 Å². The fraction of sp³-hybridized carbons (Fsp3) is 0.182. The van der Waals surface area contributed by atoms with Gasteiger partial charge in [-0.25, -0.2) is 8.42 Å². The number of fused-ring (bicyclic) bond motifs is 1. The maximum absolute atomic E-state index is 13.4.